The van der Waals surface area contributed by atoms with E-state index in [9.17, 15) is 4.79 Å². The van der Waals surface area contributed by atoms with Crippen LogP contribution in [0.4, 0.5) is 0 Å². The van der Waals surface area contributed by atoms with Gasteiger partial charge in [-0.05, 0) is 28.1 Å². The standard InChI is InChI=1S/C13H13BrO4/c1-3-5-17-11-8-9(13(15)16)7-10(14)12(11)18-6-4-2/h3-4,7-8H,1-2,5-6H2,(H,15,16). The van der Waals surface area contributed by atoms with E-state index < -0.39 is 5.97 Å². The third kappa shape index (κ3) is 3.63. The molecular weight excluding hydrogens is 300 g/mol. The monoisotopic (exact) mass is 312 g/mol. The highest BCUT2D eigenvalue weighted by Gasteiger charge is 2.15. The summed E-state index contributed by atoms with van der Waals surface area (Å²) in [6.07, 6.45) is 3.16. The molecule has 0 spiro atoms. The van der Waals surface area contributed by atoms with Crippen LogP contribution in [0.5, 0.6) is 11.5 Å². The van der Waals surface area contributed by atoms with Crippen molar-refractivity contribution in [1.29, 1.82) is 0 Å². The van der Waals surface area contributed by atoms with E-state index in [4.69, 9.17) is 14.6 Å². The van der Waals surface area contributed by atoms with Gasteiger partial charge in [0.1, 0.15) is 13.2 Å². The van der Waals surface area contributed by atoms with Crippen LogP contribution in [0, 0.1) is 0 Å². The SMILES string of the molecule is C=CCOc1cc(C(=O)O)cc(Br)c1OCC=C. The second kappa shape index (κ2) is 6.86. The molecule has 0 aliphatic heterocycles. The molecule has 0 aliphatic rings. The predicted octanol–water partition coefficient (Wildman–Crippen LogP) is 3.28. The van der Waals surface area contributed by atoms with Gasteiger partial charge in [0.15, 0.2) is 11.5 Å². The van der Waals surface area contributed by atoms with Gasteiger partial charge >= 0.3 is 5.97 Å². The number of carboxylic acids is 1. The molecule has 5 heteroatoms. The van der Waals surface area contributed by atoms with E-state index in [0.717, 1.165) is 0 Å². The normalized spacial score (nSPS) is 9.61. The van der Waals surface area contributed by atoms with Crippen LogP contribution in [0.25, 0.3) is 0 Å². The Balaban J connectivity index is 3.15. The lowest BCUT2D eigenvalue weighted by Gasteiger charge is -2.13. The zero-order valence-electron chi connectivity index (χ0n) is 9.69. The maximum absolute atomic E-state index is 11.0. The Kier molecular flexibility index (Phi) is 5.45. The Bertz CT molecular complexity index is 468. The lowest BCUT2D eigenvalue weighted by Crippen LogP contribution is -2.03. The molecule has 1 aromatic carbocycles. The Hall–Kier alpha value is -1.75. The fourth-order valence-corrected chi connectivity index (χ4v) is 1.79. The van der Waals surface area contributed by atoms with Crippen LogP contribution >= 0.6 is 15.9 Å². The van der Waals surface area contributed by atoms with Crippen LogP contribution in [0.2, 0.25) is 0 Å². The molecule has 0 fully saturated rings. The van der Waals surface area contributed by atoms with Crippen molar-refractivity contribution in [2.24, 2.45) is 0 Å². The van der Waals surface area contributed by atoms with Crippen LogP contribution < -0.4 is 9.47 Å². The average molecular weight is 313 g/mol. The molecule has 96 valence electrons. The molecule has 0 heterocycles. The first-order valence-corrected chi connectivity index (χ1v) is 5.93. The van der Waals surface area contributed by atoms with Crippen molar-refractivity contribution in [3.05, 3.63) is 47.5 Å². The summed E-state index contributed by atoms with van der Waals surface area (Å²) in [5.41, 5.74) is 0.117. The molecule has 0 radical (unpaired) electrons. The van der Waals surface area contributed by atoms with Crippen molar-refractivity contribution >= 4 is 21.9 Å². The molecule has 18 heavy (non-hydrogen) atoms. The average Bonchev–Trinajstić information content (AvgIpc) is 2.34. The molecule has 0 saturated carbocycles. The zero-order valence-corrected chi connectivity index (χ0v) is 11.3. The van der Waals surface area contributed by atoms with Crippen molar-refractivity contribution in [3.63, 3.8) is 0 Å². The molecule has 0 unspecified atom stereocenters. The van der Waals surface area contributed by atoms with Gasteiger partial charge in [-0.15, -0.1) is 0 Å². The summed E-state index contributed by atoms with van der Waals surface area (Å²) in [5.74, 6) is -0.236. The van der Waals surface area contributed by atoms with Crippen molar-refractivity contribution in [2.75, 3.05) is 13.2 Å². The number of hydrogen-bond acceptors (Lipinski definition) is 3. The predicted molar refractivity (Wildman–Crippen MR) is 72.5 cm³/mol. The van der Waals surface area contributed by atoms with Crippen LogP contribution in [-0.2, 0) is 0 Å². The first kappa shape index (κ1) is 14.3. The molecule has 0 bridgehead atoms. The van der Waals surface area contributed by atoms with Crippen LogP contribution in [0.3, 0.4) is 0 Å². The minimum atomic E-state index is -1.03. The highest BCUT2D eigenvalue weighted by molar-refractivity contribution is 9.10. The van der Waals surface area contributed by atoms with E-state index in [-0.39, 0.29) is 12.2 Å². The van der Waals surface area contributed by atoms with Gasteiger partial charge in [0.2, 0.25) is 0 Å². The second-order valence-corrected chi connectivity index (χ2v) is 4.14. The molecule has 0 aromatic heterocycles. The van der Waals surface area contributed by atoms with E-state index in [0.29, 0.717) is 22.6 Å². The van der Waals surface area contributed by atoms with E-state index in [1.165, 1.54) is 12.1 Å². The van der Waals surface area contributed by atoms with Crippen molar-refractivity contribution < 1.29 is 19.4 Å². The zero-order chi connectivity index (χ0) is 13.5. The highest BCUT2D eigenvalue weighted by atomic mass is 79.9. The molecule has 0 aliphatic carbocycles. The molecule has 1 N–H and O–H groups in total. The number of carboxylic acid groups (broad SMARTS) is 1. The molecule has 0 saturated heterocycles. The van der Waals surface area contributed by atoms with Crippen molar-refractivity contribution in [1.82, 2.24) is 0 Å². The summed E-state index contributed by atoms with van der Waals surface area (Å²) in [6.45, 7) is 7.65. The summed E-state index contributed by atoms with van der Waals surface area (Å²) in [6, 6.07) is 2.87. The van der Waals surface area contributed by atoms with Gasteiger partial charge < -0.3 is 14.6 Å². The van der Waals surface area contributed by atoms with Crippen molar-refractivity contribution in [3.8, 4) is 11.5 Å². The van der Waals surface area contributed by atoms with E-state index in [1.807, 2.05) is 0 Å². The van der Waals surface area contributed by atoms with Crippen molar-refractivity contribution in [2.45, 2.75) is 0 Å². The van der Waals surface area contributed by atoms with E-state index in [2.05, 4.69) is 29.1 Å². The molecule has 1 aromatic rings. The number of carbonyl (C=O) groups is 1. The summed E-state index contributed by atoms with van der Waals surface area (Å²) >= 11 is 3.26. The quantitative estimate of drug-likeness (QED) is 0.785. The van der Waals surface area contributed by atoms with E-state index >= 15 is 0 Å². The maximum Gasteiger partial charge on any atom is 0.335 e. The molecule has 1 rings (SSSR count). The van der Waals surface area contributed by atoms with Gasteiger partial charge in [0.05, 0.1) is 10.0 Å². The van der Waals surface area contributed by atoms with Crippen LogP contribution in [-0.4, -0.2) is 24.3 Å². The lowest BCUT2D eigenvalue weighted by atomic mass is 10.2. The van der Waals surface area contributed by atoms with Gasteiger partial charge in [0, 0.05) is 0 Å². The molecule has 4 nitrogen and oxygen atoms in total. The maximum atomic E-state index is 11.0. The number of ether oxygens (including phenoxy) is 2. The van der Waals surface area contributed by atoms with Gasteiger partial charge in [-0.25, -0.2) is 4.79 Å². The van der Waals surface area contributed by atoms with Crippen LogP contribution in [0.1, 0.15) is 10.4 Å². The summed E-state index contributed by atoms with van der Waals surface area (Å²) in [5, 5.41) is 8.97. The molecule has 0 atom stereocenters. The Morgan fingerprint density at radius 2 is 1.89 bits per heavy atom. The summed E-state index contributed by atoms with van der Waals surface area (Å²) < 4.78 is 11.3. The first-order chi connectivity index (χ1) is 8.60. The summed E-state index contributed by atoms with van der Waals surface area (Å²) in [7, 11) is 0. The number of benzene rings is 1. The van der Waals surface area contributed by atoms with Gasteiger partial charge in [0.25, 0.3) is 0 Å². The molecule has 0 amide bonds. The topological polar surface area (TPSA) is 55.8 Å². The first-order valence-electron chi connectivity index (χ1n) is 5.14. The minimum Gasteiger partial charge on any atom is -0.486 e. The van der Waals surface area contributed by atoms with Gasteiger partial charge in [-0.1, -0.05) is 25.3 Å². The number of hydrogen-bond donors (Lipinski definition) is 1. The largest absolute Gasteiger partial charge is 0.486 e. The number of rotatable bonds is 7. The smallest absolute Gasteiger partial charge is 0.335 e. The Labute approximate surface area is 114 Å². The lowest BCUT2D eigenvalue weighted by molar-refractivity contribution is 0.0696. The fraction of sp³-hybridized carbons (Fsp3) is 0.154. The minimum absolute atomic E-state index is 0.117. The Morgan fingerprint density at radius 1 is 1.28 bits per heavy atom. The molecular formula is C13H13BrO4. The van der Waals surface area contributed by atoms with Gasteiger partial charge in [-0.2, -0.15) is 0 Å². The van der Waals surface area contributed by atoms with E-state index in [1.54, 1.807) is 12.2 Å². The number of halogens is 1. The third-order valence-corrected chi connectivity index (χ3v) is 2.55. The van der Waals surface area contributed by atoms with Crippen LogP contribution in [0.15, 0.2) is 41.9 Å². The Morgan fingerprint density at radius 3 is 2.44 bits per heavy atom. The summed E-state index contributed by atoms with van der Waals surface area (Å²) in [4.78, 5) is 11.0. The third-order valence-electron chi connectivity index (χ3n) is 1.96. The second-order valence-electron chi connectivity index (χ2n) is 3.29. The number of aromatic carboxylic acids is 1. The van der Waals surface area contributed by atoms with Gasteiger partial charge in [-0.3, -0.25) is 0 Å². The highest BCUT2D eigenvalue weighted by Crippen LogP contribution is 2.37. The fourth-order valence-electron chi connectivity index (χ4n) is 1.23.